The SMILES string of the molecule is CN(C)C(N)=NC1CC(OC(C)(C)C)C1n1cccn1. The topological polar surface area (TPSA) is 68.7 Å². The summed E-state index contributed by atoms with van der Waals surface area (Å²) < 4.78 is 8.03. The molecule has 0 amide bonds. The third-order valence-electron chi connectivity index (χ3n) is 3.34. The molecule has 6 nitrogen and oxygen atoms in total. The van der Waals surface area contributed by atoms with Crippen LogP contribution in [0.15, 0.2) is 23.5 Å². The van der Waals surface area contributed by atoms with Gasteiger partial charge in [0.15, 0.2) is 5.96 Å². The lowest BCUT2D eigenvalue weighted by Gasteiger charge is -2.45. The summed E-state index contributed by atoms with van der Waals surface area (Å²) in [5, 5.41) is 4.33. The Labute approximate surface area is 120 Å². The minimum Gasteiger partial charge on any atom is -0.370 e. The van der Waals surface area contributed by atoms with Gasteiger partial charge in [-0.05, 0) is 26.8 Å². The standard InChI is InChI=1S/C14H25N5O/c1-14(2,3)20-11-9-10(17-13(15)18(4)5)12(11)19-8-6-7-16-19/h6-8,10-12H,9H2,1-5H3,(H2,15,17). The Morgan fingerprint density at radius 2 is 2.15 bits per heavy atom. The van der Waals surface area contributed by atoms with E-state index in [1.165, 1.54) is 0 Å². The number of hydrogen-bond donors (Lipinski definition) is 1. The number of nitrogens with two attached hydrogens (primary N) is 1. The van der Waals surface area contributed by atoms with Gasteiger partial charge in [0, 0.05) is 32.9 Å². The van der Waals surface area contributed by atoms with Crippen molar-refractivity contribution in [2.75, 3.05) is 14.1 Å². The van der Waals surface area contributed by atoms with E-state index < -0.39 is 0 Å². The summed E-state index contributed by atoms with van der Waals surface area (Å²) in [5.74, 6) is 0.543. The van der Waals surface area contributed by atoms with E-state index in [1.807, 2.05) is 35.9 Å². The molecular formula is C14H25N5O. The second kappa shape index (κ2) is 5.44. The van der Waals surface area contributed by atoms with Crippen LogP contribution in [0.25, 0.3) is 0 Å². The lowest BCUT2D eigenvalue weighted by atomic mass is 9.82. The summed E-state index contributed by atoms with van der Waals surface area (Å²) in [4.78, 5) is 6.40. The molecular weight excluding hydrogens is 254 g/mol. The summed E-state index contributed by atoms with van der Waals surface area (Å²) in [5.41, 5.74) is 5.75. The van der Waals surface area contributed by atoms with E-state index in [0.717, 1.165) is 6.42 Å². The highest BCUT2D eigenvalue weighted by Gasteiger charge is 2.45. The molecule has 1 saturated carbocycles. The summed E-state index contributed by atoms with van der Waals surface area (Å²) in [6.07, 6.45) is 4.73. The molecule has 1 aromatic heterocycles. The Morgan fingerprint density at radius 3 is 2.65 bits per heavy atom. The first kappa shape index (κ1) is 14.8. The summed E-state index contributed by atoms with van der Waals surface area (Å²) in [7, 11) is 3.78. The van der Waals surface area contributed by atoms with Crippen molar-refractivity contribution in [3.05, 3.63) is 18.5 Å². The van der Waals surface area contributed by atoms with Crippen LogP contribution in [0.4, 0.5) is 0 Å². The lowest BCUT2D eigenvalue weighted by Crippen LogP contribution is -2.51. The summed E-state index contributed by atoms with van der Waals surface area (Å²) in [6, 6.07) is 2.15. The molecule has 1 aromatic rings. The number of hydrogen-bond acceptors (Lipinski definition) is 3. The van der Waals surface area contributed by atoms with Crippen LogP contribution < -0.4 is 5.73 Å². The molecule has 1 fully saturated rings. The summed E-state index contributed by atoms with van der Waals surface area (Å²) in [6.45, 7) is 6.20. The smallest absolute Gasteiger partial charge is 0.191 e. The molecule has 1 heterocycles. The molecule has 20 heavy (non-hydrogen) atoms. The van der Waals surface area contributed by atoms with Gasteiger partial charge in [-0.25, -0.2) is 4.99 Å². The van der Waals surface area contributed by atoms with E-state index >= 15 is 0 Å². The van der Waals surface area contributed by atoms with Crippen LogP contribution in [0.3, 0.4) is 0 Å². The molecule has 0 radical (unpaired) electrons. The first-order valence-electron chi connectivity index (χ1n) is 6.95. The largest absolute Gasteiger partial charge is 0.370 e. The zero-order valence-electron chi connectivity index (χ0n) is 12.9. The maximum absolute atomic E-state index is 6.10. The first-order chi connectivity index (χ1) is 9.28. The molecule has 3 atom stereocenters. The predicted octanol–water partition coefficient (Wildman–Crippen LogP) is 1.26. The maximum atomic E-state index is 6.10. The van der Waals surface area contributed by atoms with E-state index in [9.17, 15) is 0 Å². The fourth-order valence-corrected chi connectivity index (χ4v) is 2.36. The van der Waals surface area contributed by atoms with Crippen LogP contribution in [-0.4, -0.2) is 52.5 Å². The quantitative estimate of drug-likeness (QED) is 0.668. The highest BCUT2D eigenvalue weighted by atomic mass is 16.5. The van der Waals surface area contributed by atoms with Crippen LogP contribution >= 0.6 is 0 Å². The highest BCUT2D eigenvalue weighted by Crippen LogP contribution is 2.39. The number of aliphatic imine (C=N–C) groups is 1. The molecule has 0 bridgehead atoms. The van der Waals surface area contributed by atoms with Crippen LogP contribution in [0.5, 0.6) is 0 Å². The normalized spacial score (nSPS) is 27.2. The van der Waals surface area contributed by atoms with E-state index in [2.05, 4.69) is 30.9 Å². The Hall–Kier alpha value is -1.56. The minimum absolute atomic E-state index is 0.114. The summed E-state index contributed by atoms with van der Waals surface area (Å²) >= 11 is 0. The zero-order valence-corrected chi connectivity index (χ0v) is 12.9. The zero-order chi connectivity index (χ0) is 14.9. The lowest BCUT2D eigenvalue weighted by molar-refractivity contribution is -0.128. The van der Waals surface area contributed by atoms with Gasteiger partial charge < -0.3 is 15.4 Å². The van der Waals surface area contributed by atoms with Crippen LogP contribution in [0, 0.1) is 0 Å². The van der Waals surface area contributed by atoms with E-state index in [4.69, 9.17) is 10.5 Å². The maximum Gasteiger partial charge on any atom is 0.191 e. The number of ether oxygens (including phenoxy) is 1. The van der Waals surface area contributed by atoms with Crippen LogP contribution in [-0.2, 0) is 4.74 Å². The van der Waals surface area contributed by atoms with E-state index in [1.54, 1.807) is 6.20 Å². The Balaban J connectivity index is 2.14. The van der Waals surface area contributed by atoms with E-state index in [0.29, 0.717) is 5.96 Å². The molecule has 0 spiro atoms. The third kappa shape index (κ3) is 3.30. The van der Waals surface area contributed by atoms with Crippen molar-refractivity contribution in [2.45, 2.75) is 51.0 Å². The van der Waals surface area contributed by atoms with Gasteiger partial charge in [-0.3, -0.25) is 4.68 Å². The van der Waals surface area contributed by atoms with Gasteiger partial charge in [0.25, 0.3) is 0 Å². The molecule has 2 N–H and O–H groups in total. The molecule has 0 aromatic carbocycles. The fraction of sp³-hybridized carbons (Fsp3) is 0.714. The van der Waals surface area contributed by atoms with Gasteiger partial charge in [-0.1, -0.05) is 0 Å². The van der Waals surface area contributed by atoms with Crippen molar-refractivity contribution in [3.8, 4) is 0 Å². The average Bonchev–Trinajstić information content (AvgIpc) is 2.78. The van der Waals surface area contributed by atoms with Crippen molar-refractivity contribution in [1.82, 2.24) is 14.7 Å². The Bertz CT molecular complexity index is 460. The van der Waals surface area contributed by atoms with Crippen LogP contribution in [0.2, 0.25) is 0 Å². The molecule has 0 saturated heterocycles. The molecule has 6 heteroatoms. The Kier molecular flexibility index (Phi) is 4.04. The molecule has 112 valence electrons. The second-order valence-corrected chi connectivity index (χ2v) is 6.43. The van der Waals surface area contributed by atoms with Crippen molar-refractivity contribution >= 4 is 5.96 Å². The van der Waals surface area contributed by atoms with Gasteiger partial charge in [-0.2, -0.15) is 5.10 Å². The number of aromatic nitrogens is 2. The fourth-order valence-electron chi connectivity index (χ4n) is 2.36. The van der Waals surface area contributed by atoms with Gasteiger partial charge >= 0.3 is 0 Å². The molecule has 3 unspecified atom stereocenters. The number of rotatable bonds is 3. The Morgan fingerprint density at radius 1 is 1.45 bits per heavy atom. The van der Waals surface area contributed by atoms with Crippen molar-refractivity contribution in [2.24, 2.45) is 10.7 Å². The van der Waals surface area contributed by atoms with Gasteiger partial charge in [0.1, 0.15) is 6.04 Å². The first-order valence-corrected chi connectivity index (χ1v) is 6.95. The van der Waals surface area contributed by atoms with Crippen molar-refractivity contribution < 1.29 is 4.74 Å². The molecule has 2 rings (SSSR count). The number of guanidine groups is 1. The van der Waals surface area contributed by atoms with Crippen molar-refractivity contribution in [1.29, 1.82) is 0 Å². The average molecular weight is 279 g/mol. The van der Waals surface area contributed by atoms with Crippen molar-refractivity contribution in [3.63, 3.8) is 0 Å². The third-order valence-corrected chi connectivity index (χ3v) is 3.34. The molecule has 1 aliphatic carbocycles. The van der Waals surface area contributed by atoms with Crippen LogP contribution in [0.1, 0.15) is 33.2 Å². The van der Waals surface area contributed by atoms with E-state index in [-0.39, 0.29) is 23.8 Å². The minimum atomic E-state index is -0.169. The second-order valence-electron chi connectivity index (χ2n) is 6.43. The van der Waals surface area contributed by atoms with Gasteiger partial charge in [0.2, 0.25) is 0 Å². The molecule has 0 aliphatic heterocycles. The monoisotopic (exact) mass is 279 g/mol. The van der Waals surface area contributed by atoms with Gasteiger partial charge in [-0.15, -0.1) is 0 Å². The predicted molar refractivity (Wildman–Crippen MR) is 79.6 cm³/mol. The number of nitrogens with zero attached hydrogens (tertiary/aromatic N) is 4. The molecule has 1 aliphatic rings. The van der Waals surface area contributed by atoms with Gasteiger partial charge in [0.05, 0.1) is 17.7 Å². The highest BCUT2D eigenvalue weighted by molar-refractivity contribution is 5.77.